The number of carbonyl (C=O) groups excluding carboxylic acids is 1. The van der Waals surface area contributed by atoms with Crippen LogP contribution in [0.25, 0.3) is 0 Å². The van der Waals surface area contributed by atoms with Crippen molar-refractivity contribution in [1.82, 2.24) is 20.2 Å². The number of nitrogens with zero attached hydrogens (tertiary/aromatic N) is 4. The average Bonchev–Trinajstić information content (AvgIpc) is 3.01. The summed E-state index contributed by atoms with van der Waals surface area (Å²) in [7, 11) is 0. The van der Waals surface area contributed by atoms with Crippen LogP contribution in [0.4, 0.5) is 0 Å². The molecule has 0 unspecified atom stereocenters. The summed E-state index contributed by atoms with van der Waals surface area (Å²) in [5, 5.41) is 11.8. The van der Waals surface area contributed by atoms with Gasteiger partial charge in [-0.05, 0) is 60.4 Å². The molecular weight excluding hydrogens is 296 g/mol. The average molecular weight is 316 g/mol. The lowest BCUT2D eigenvalue weighted by molar-refractivity contribution is 0.0593. The Morgan fingerprint density at radius 2 is 2.04 bits per heavy atom. The van der Waals surface area contributed by atoms with E-state index in [2.05, 4.69) is 15.5 Å². The van der Waals surface area contributed by atoms with Gasteiger partial charge in [0.25, 0.3) is 0 Å². The van der Waals surface area contributed by atoms with E-state index in [-0.39, 0.29) is 5.78 Å². The van der Waals surface area contributed by atoms with Crippen LogP contribution in [0.5, 0.6) is 5.75 Å². The Hall–Kier alpha value is -2.28. The second-order valence-electron chi connectivity index (χ2n) is 5.70. The maximum absolute atomic E-state index is 11.3. The van der Waals surface area contributed by atoms with Gasteiger partial charge in [0.05, 0.1) is 0 Å². The van der Waals surface area contributed by atoms with Crippen LogP contribution >= 0.6 is 0 Å². The van der Waals surface area contributed by atoms with Crippen molar-refractivity contribution in [1.29, 1.82) is 0 Å². The maximum Gasteiger partial charge on any atom is 0.189 e. The predicted octanol–water partition coefficient (Wildman–Crippen LogP) is 1.88. The number of hydrogen-bond donors (Lipinski definition) is 0. The van der Waals surface area contributed by atoms with E-state index in [1.807, 2.05) is 0 Å². The zero-order chi connectivity index (χ0) is 16.1. The van der Waals surface area contributed by atoms with Crippen molar-refractivity contribution < 1.29 is 14.3 Å². The van der Waals surface area contributed by atoms with Crippen molar-refractivity contribution in [2.45, 2.75) is 32.9 Å². The fourth-order valence-corrected chi connectivity index (χ4v) is 2.58. The molecule has 0 N–H and O–H groups in total. The van der Waals surface area contributed by atoms with Gasteiger partial charge in [0.15, 0.2) is 11.6 Å². The molecule has 1 aliphatic heterocycles. The number of Topliss-reactive ketones (excluding diaryl/α,β-unsaturated/α-hetero) is 1. The molecule has 0 bridgehead atoms. The molecule has 0 aliphatic carbocycles. The number of ketones is 1. The summed E-state index contributed by atoms with van der Waals surface area (Å²) >= 11 is 0. The van der Waals surface area contributed by atoms with Crippen LogP contribution in [0, 0.1) is 5.92 Å². The lowest BCUT2D eigenvalue weighted by Gasteiger charge is -2.21. The molecule has 3 rings (SSSR count). The standard InChI is InChI=1S/C16H20N4O3/c1-12(21)14-2-4-15(5-3-14)23-11-16-17-18-19-20(16)10-13-6-8-22-9-7-13/h2-5,13H,6-11H2,1H3. The summed E-state index contributed by atoms with van der Waals surface area (Å²) in [5.41, 5.74) is 0.668. The Bertz CT molecular complexity index is 648. The van der Waals surface area contributed by atoms with Gasteiger partial charge >= 0.3 is 0 Å². The molecule has 1 fully saturated rings. The summed E-state index contributed by atoms with van der Waals surface area (Å²) in [6.07, 6.45) is 2.07. The summed E-state index contributed by atoms with van der Waals surface area (Å²) in [6, 6.07) is 7.07. The van der Waals surface area contributed by atoms with Gasteiger partial charge in [0.1, 0.15) is 12.4 Å². The van der Waals surface area contributed by atoms with Crippen LogP contribution in [-0.2, 0) is 17.9 Å². The van der Waals surface area contributed by atoms with E-state index in [1.165, 1.54) is 0 Å². The molecule has 23 heavy (non-hydrogen) atoms. The van der Waals surface area contributed by atoms with Gasteiger partial charge in [-0.25, -0.2) is 4.68 Å². The minimum Gasteiger partial charge on any atom is -0.486 e. The molecule has 1 aliphatic rings. The zero-order valence-corrected chi connectivity index (χ0v) is 13.1. The van der Waals surface area contributed by atoms with Crippen LogP contribution in [0.15, 0.2) is 24.3 Å². The van der Waals surface area contributed by atoms with E-state index >= 15 is 0 Å². The van der Waals surface area contributed by atoms with Crippen molar-refractivity contribution in [3.63, 3.8) is 0 Å². The third-order valence-electron chi connectivity index (χ3n) is 4.01. The number of ether oxygens (including phenoxy) is 2. The number of rotatable bonds is 6. The Balaban J connectivity index is 1.58. The van der Waals surface area contributed by atoms with Gasteiger partial charge in [-0.3, -0.25) is 4.79 Å². The van der Waals surface area contributed by atoms with E-state index in [0.29, 0.717) is 29.7 Å². The topological polar surface area (TPSA) is 79.1 Å². The highest BCUT2D eigenvalue weighted by molar-refractivity contribution is 5.94. The largest absolute Gasteiger partial charge is 0.486 e. The fourth-order valence-electron chi connectivity index (χ4n) is 2.58. The van der Waals surface area contributed by atoms with Crippen LogP contribution in [0.2, 0.25) is 0 Å². The highest BCUT2D eigenvalue weighted by atomic mass is 16.5. The molecule has 1 aromatic carbocycles. The van der Waals surface area contributed by atoms with E-state index in [4.69, 9.17) is 9.47 Å². The number of carbonyl (C=O) groups is 1. The Kier molecular flexibility index (Phi) is 4.97. The van der Waals surface area contributed by atoms with Gasteiger partial charge in [0.2, 0.25) is 0 Å². The highest BCUT2D eigenvalue weighted by Crippen LogP contribution is 2.18. The van der Waals surface area contributed by atoms with E-state index in [0.717, 1.165) is 32.6 Å². The number of benzene rings is 1. The summed E-state index contributed by atoms with van der Waals surface area (Å²) in [5.74, 6) is 1.97. The smallest absolute Gasteiger partial charge is 0.189 e. The van der Waals surface area contributed by atoms with Crippen molar-refractivity contribution in [3.8, 4) is 5.75 Å². The molecule has 0 saturated carbocycles. The summed E-state index contributed by atoms with van der Waals surface area (Å²) in [6.45, 7) is 4.25. The second-order valence-corrected chi connectivity index (χ2v) is 5.70. The lowest BCUT2D eigenvalue weighted by Crippen LogP contribution is -2.22. The monoisotopic (exact) mass is 316 g/mol. The van der Waals surface area contributed by atoms with Gasteiger partial charge in [-0.1, -0.05) is 0 Å². The first kappa shape index (κ1) is 15.6. The molecule has 1 saturated heterocycles. The van der Waals surface area contributed by atoms with Crippen LogP contribution in [-0.4, -0.2) is 39.2 Å². The van der Waals surface area contributed by atoms with Gasteiger partial charge < -0.3 is 9.47 Å². The van der Waals surface area contributed by atoms with Crippen LogP contribution in [0.3, 0.4) is 0 Å². The first-order valence-corrected chi connectivity index (χ1v) is 7.79. The molecular formula is C16H20N4O3. The van der Waals surface area contributed by atoms with Crippen LogP contribution < -0.4 is 4.74 Å². The van der Waals surface area contributed by atoms with Crippen molar-refractivity contribution in [3.05, 3.63) is 35.7 Å². The third-order valence-corrected chi connectivity index (χ3v) is 4.01. The normalized spacial score (nSPS) is 15.5. The molecule has 0 spiro atoms. The molecule has 2 aromatic rings. The van der Waals surface area contributed by atoms with E-state index in [1.54, 1.807) is 35.9 Å². The van der Waals surface area contributed by atoms with Gasteiger partial charge in [-0.2, -0.15) is 0 Å². The Morgan fingerprint density at radius 3 is 2.74 bits per heavy atom. The molecule has 7 nitrogen and oxygen atoms in total. The van der Waals surface area contributed by atoms with Crippen LogP contribution in [0.1, 0.15) is 35.9 Å². The van der Waals surface area contributed by atoms with E-state index in [9.17, 15) is 4.79 Å². The Morgan fingerprint density at radius 1 is 1.30 bits per heavy atom. The summed E-state index contributed by atoms with van der Waals surface area (Å²) in [4.78, 5) is 11.3. The van der Waals surface area contributed by atoms with Gasteiger partial charge in [0, 0.05) is 25.3 Å². The molecule has 7 heteroatoms. The predicted molar refractivity (Wildman–Crippen MR) is 82.1 cm³/mol. The molecule has 1 aromatic heterocycles. The number of aromatic nitrogens is 4. The summed E-state index contributed by atoms with van der Waals surface area (Å²) < 4.78 is 12.9. The first-order valence-electron chi connectivity index (χ1n) is 7.79. The first-order chi connectivity index (χ1) is 11.2. The number of hydrogen-bond acceptors (Lipinski definition) is 6. The van der Waals surface area contributed by atoms with E-state index < -0.39 is 0 Å². The second kappa shape index (κ2) is 7.32. The van der Waals surface area contributed by atoms with Gasteiger partial charge in [-0.15, -0.1) is 5.10 Å². The minimum absolute atomic E-state index is 0.0388. The van der Waals surface area contributed by atoms with Crippen molar-refractivity contribution in [2.75, 3.05) is 13.2 Å². The molecule has 2 heterocycles. The minimum atomic E-state index is 0.0388. The zero-order valence-electron chi connectivity index (χ0n) is 13.1. The lowest BCUT2D eigenvalue weighted by atomic mass is 10.0. The highest BCUT2D eigenvalue weighted by Gasteiger charge is 2.17. The fraction of sp³-hybridized carbons (Fsp3) is 0.500. The maximum atomic E-state index is 11.3. The molecule has 122 valence electrons. The molecule has 0 atom stereocenters. The molecule has 0 radical (unpaired) electrons. The van der Waals surface area contributed by atoms with Crippen molar-refractivity contribution in [2.24, 2.45) is 5.92 Å². The molecule has 0 amide bonds. The Labute approximate surface area is 134 Å². The number of tetrazole rings is 1. The quantitative estimate of drug-likeness (QED) is 0.757. The third kappa shape index (κ3) is 4.13. The van der Waals surface area contributed by atoms with Crippen molar-refractivity contribution >= 4 is 5.78 Å². The SMILES string of the molecule is CC(=O)c1ccc(OCc2nnnn2CC2CCOCC2)cc1.